The summed E-state index contributed by atoms with van der Waals surface area (Å²) in [4.78, 5) is 21.8. The Balaban J connectivity index is 0.000000718. The summed E-state index contributed by atoms with van der Waals surface area (Å²) in [7, 11) is 0. The SMILES string of the molecule is CC(C)(C)c1cc(C(=O)Nc2ccc(C(=N)N)cc2)c(O)c(C(C)(C)C)c1.O=C(O)C(F)(F)F. The van der Waals surface area contributed by atoms with E-state index in [1.54, 1.807) is 30.3 Å². The van der Waals surface area contributed by atoms with Crippen molar-refractivity contribution in [2.24, 2.45) is 5.73 Å². The van der Waals surface area contributed by atoms with Crippen molar-refractivity contribution < 1.29 is 33.0 Å². The first-order valence-corrected chi connectivity index (χ1v) is 10.2. The number of amides is 1. The molecule has 10 heteroatoms. The van der Waals surface area contributed by atoms with Gasteiger partial charge in [-0.1, -0.05) is 47.6 Å². The van der Waals surface area contributed by atoms with Crippen molar-refractivity contribution in [3.8, 4) is 5.75 Å². The van der Waals surface area contributed by atoms with Crippen LogP contribution in [0.4, 0.5) is 18.9 Å². The molecule has 2 aromatic carbocycles. The van der Waals surface area contributed by atoms with Gasteiger partial charge in [0.2, 0.25) is 0 Å². The van der Waals surface area contributed by atoms with Gasteiger partial charge < -0.3 is 21.3 Å². The number of anilines is 1. The van der Waals surface area contributed by atoms with Gasteiger partial charge in [-0.15, -0.1) is 0 Å². The number of nitrogens with one attached hydrogen (secondary N) is 2. The number of carbonyl (C=O) groups excluding carboxylic acids is 1. The Labute approximate surface area is 196 Å². The summed E-state index contributed by atoms with van der Waals surface area (Å²) < 4.78 is 31.7. The van der Waals surface area contributed by atoms with E-state index >= 15 is 0 Å². The number of nitrogen functional groups attached to an aromatic ring is 1. The number of rotatable bonds is 3. The summed E-state index contributed by atoms with van der Waals surface area (Å²) >= 11 is 0. The molecule has 6 N–H and O–H groups in total. The molecule has 0 radical (unpaired) electrons. The Bertz CT molecular complexity index is 1070. The number of nitrogens with two attached hydrogens (primary N) is 1. The van der Waals surface area contributed by atoms with Gasteiger partial charge in [0.15, 0.2) is 0 Å². The van der Waals surface area contributed by atoms with E-state index in [-0.39, 0.29) is 33.9 Å². The fraction of sp³-hybridized carbons (Fsp3) is 0.375. The minimum Gasteiger partial charge on any atom is -0.507 e. The van der Waals surface area contributed by atoms with Gasteiger partial charge in [0.1, 0.15) is 11.6 Å². The van der Waals surface area contributed by atoms with Crippen molar-refractivity contribution in [1.29, 1.82) is 5.41 Å². The van der Waals surface area contributed by atoms with Crippen LogP contribution in [-0.2, 0) is 15.6 Å². The molecule has 0 fully saturated rings. The first-order valence-electron chi connectivity index (χ1n) is 10.2. The van der Waals surface area contributed by atoms with Gasteiger partial charge in [-0.05, 0) is 46.7 Å². The predicted octanol–water partition coefficient (Wildman–Crippen LogP) is 5.16. The lowest BCUT2D eigenvalue weighted by atomic mass is 9.79. The third-order valence-electron chi connectivity index (χ3n) is 4.72. The number of aromatic hydroxyl groups is 1. The Kier molecular flexibility index (Phi) is 8.50. The van der Waals surface area contributed by atoms with Crippen LogP contribution in [0.25, 0.3) is 0 Å². The standard InChI is InChI=1S/C22H29N3O2.C2HF3O2/c1-21(2,3)14-11-16(18(26)17(12-14)22(4,5)6)20(27)25-15-9-7-13(8-10-15)19(23)24;3-2(4,5)1(6)7/h7-12,26H,1-6H3,(H3,23,24)(H,25,27);(H,6,7). The zero-order valence-corrected chi connectivity index (χ0v) is 19.9. The van der Waals surface area contributed by atoms with Crippen molar-refractivity contribution in [3.63, 3.8) is 0 Å². The van der Waals surface area contributed by atoms with Crippen LogP contribution in [0, 0.1) is 5.41 Å². The van der Waals surface area contributed by atoms with E-state index in [2.05, 4.69) is 26.1 Å². The monoisotopic (exact) mass is 481 g/mol. The number of carboxylic acid groups (broad SMARTS) is 1. The highest BCUT2D eigenvalue weighted by molar-refractivity contribution is 6.07. The molecule has 0 bridgehead atoms. The molecule has 0 aliphatic heterocycles. The third kappa shape index (κ3) is 7.79. The summed E-state index contributed by atoms with van der Waals surface area (Å²) in [5.41, 5.74) is 8.13. The van der Waals surface area contributed by atoms with Crippen LogP contribution in [-0.4, -0.2) is 34.1 Å². The molecule has 0 saturated carbocycles. The first-order chi connectivity index (χ1) is 15.2. The molecule has 0 heterocycles. The fourth-order valence-corrected chi connectivity index (χ4v) is 2.74. The number of benzene rings is 2. The molecular weight excluding hydrogens is 451 g/mol. The molecule has 0 saturated heterocycles. The lowest BCUT2D eigenvalue weighted by molar-refractivity contribution is -0.192. The summed E-state index contributed by atoms with van der Waals surface area (Å²) in [6.07, 6.45) is -5.08. The Morgan fingerprint density at radius 2 is 1.41 bits per heavy atom. The molecule has 0 aromatic heterocycles. The van der Waals surface area contributed by atoms with E-state index < -0.39 is 12.1 Å². The number of hydrogen-bond donors (Lipinski definition) is 5. The van der Waals surface area contributed by atoms with Crippen LogP contribution >= 0.6 is 0 Å². The second-order valence-corrected chi connectivity index (χ2v) is 9.67. The van der Waals surface area contributed by atoms with Gasteiger partial charge in [0.05, 0.1) is 5.56 Å². The molecule has 1 amide bonds. The fourth-order valence-electron chi connectivity index (χ4n) is 2.74. The molecular formula is C24H30F3N3O4. The normalized spacial score (nSPS) is 11.8. The molecule has 0 atom stereocenters. The molecule has 2 rings (SSSR count). The highest BCUT2D eigenvalue weighted by Crippen LogP contribution is 2.38. The molecule has 0 aliphatic rings. The number of hydrogen-bond acceptors (Lipinski definition) is 4. The topological polar surface area (TPSA) is 136 Å². The Morgan fingerprint density at radius 1 is 0.941 bits per heavy atom. The van der Waals surface area contributed by atoms with Gasteiger partial charge >= 0.3 is 12.1 Å². The second kappa shape index (κ2) is 10.1. The predicted molar refractivity (Wildman–Crippen MR) is 125 cm³/mol. The smallest absolute Gasteiger partial charge is 0.490 e. The van der Waals surface area contributed by atoms with E-state index in [1.165, 1.54) is 0 Å². The number of alkyl halides is 3. The van der Waals surface area contributed by atoms with Crippen LogP contribution in [0.2, 0.25) is 0 Å². The molecule has 34 heavy (non-hydrogen) atoms. The molecule has 2 aromatic rings. The van der Waals surface area contributed by atoms with Gasteiger partial charge in [-0.3, -0.25) is 10.2 Å². The molecule has 0 unspecified atom stereocenters. The lowest BCUT2D eigenvalue weighted by Crippen LogP contribution is -2.21. The van der Waals surface area contributed by atoms with Gasteiger partial charge in [-0.25, -0.2) is 4.79 Å². The number of phenols is 1. The number of phenolic OH excluding ortho intramolecular Hbond substituents is 1. The average Bonchev–Trinajstić information content (AvgIpc) is 2.66. The van der Waals surface area contributed by atoms with E-state index in [4.69, 9.17) is 21.0 Å². The van der Waals surface area contributed by atoms with Crippen molar-refractivity contribution >= 4 is 23.4 Å². The first kappa shape index (κ1) is 28.5. The zero-order chi connectivity index (χ0) is 26.6. The van der Waals surface area contributed by atoms with Crippen molar-refractivity contribution in [2.45, 2.75) is 58.5 Å². The Morgan fingerprint density at radius 3 is 1.76 bits per heavy atom. The van der Waals surface area contributed by atoms with Gasteiger partial charge in [0, 0.05) is 16.8 Å². The summed E-state index contributed by atoms with van der Waals surface area (Å²) in [5.74, 6) is -3.15. The van der Waals surface area contributed by atoms with Crippen LogP contribution in [0.5, 0.6) is 5.75 Å². The third-order valence-corrected chi connectivity index (χ3v) is 4.72. The van der Waals surface area contributed by atoms with Gasteiger partial charge in [0.25, 0.3) is 5.91 Å². The average molecular weight is 482 g/mol. The summed E-state index contributed by atoms with van der Waals surface area (Å²) in [6.45, 7) is 12.3. The minimum absolute atomic E-state index is 0.00774. The molecule has 0 aliphatic carbocycles. The number of carbonyl (C=O) groups is 2. The van der Waals surface area contributed by atoms with Crippen LogP contribution < -0.4 is 11.1 Å². The number of halogens is 3. The number of carboxylic acids is 1. The second-order valence-electron chi connectivity index (χ2n) is 9.67. The maximum absolute atomic E-state index is 12.9. The minimum atomic E-state index is -5.08. The largest absolute Gasteiger partial charge is 0.507 e. The maximum Gasteiger partial charge on any atom is 0.490 e. The van der Waals surface area contributed by atoms with E-state index in [9.17, 15) is 23.1 Å². The Hall–Kier alpha value is -3.56. The highest BCUT2D eigenvalue weighted by Gasteiger charge is 2.38. The lowest BCUT2D eigenvalue weighted by Gasteiger charge is -2.27. The van der Waals surface area contributed by atoms with E-state index in [0.29, 0.717) is 11.3 Å². The van der Waals surface area contributed by atoms with Gasteiger partial charge in [-0.2, -0.15) is 13.2 Å². The van der Waals surface area contributed by atoms with Crippen LogP contribution in [0.15, 0.2) is 36.4 Å². The van der Waals surface area contributed by atoms with Crippen molar-refractivity contribution in [2.75, 3.05) is 5.32 Å². The summed E-state index contributed by atoms with van der Waals surface area (Å²) in [5, 5.41) is 28.1. The maximum atomic E-state index is 12.9. The van der Waals surface area contributed by atoms with E-state index in [0.717, 1.165) is 11.1 Å². The molecule has 186 valence electrons. The van der Waals surface area contributed by atoms with Crippen molar-refractivity contribution in [3.05, 3.63) is 58.7 Å². The highest BCUT2D eigenvalue weighted by atomic mass is 19.4. The quantitative estimate of drug-likeness (QED) is 0.305. The van der Waals surface area contributed by atoms with Crippen molar-refractivity contribution in [1.82, 2.24) is 0 Å². The number of amidine groups is 1. The van der Waals surface area contributed by atoms with Crippen LogP contribution in [0.3, 0.4) is 0 Å². The molecule has 0 spiro atoms. The molecule has 7 nitrogen and oxygen atoms in total. The van der Waals surface area contributed by atoms with Crippen LogP contribution in [0.1, 0.15) is 68.6 Å². The number of aliphatic carboxylic acids is 1. The summed E-state index contributed by atoms with van der Waals surface area (Å²) in [6, 6.07) is 10.4. The zero-order valence-electron chi connectivity index (χ0n) is 19.9. The van der Waals surface area contributed by atoms with E-state index in [1.807, 2.05) is 26.8 Å².